The number of benzene rings is 2. The van der Waals surface area contributed by atoms with Gasteiger partial charge in [-0.3, -0.25) is 4.79 Å². The molecule has 104 valence electrons. The lowest BCUT2D eigenvalue weighted by atomic mass is 10.2. The van der Waals surface area contributed by atoms with Crippen molar-refractivity contribution in [1.29, 1.82) is 0 Å². The molecule has 1 heterocycles. The van der Waals surface area contributed by atoms with E-state index < -0.39 is 0 Å². The van der Waals surface area contributed by atoms with Crippen molar-refractivity contribution in [3.63, 3.8) is 0 Å². The Kier molecular flexibility index (Phi) is 3.34. The van der Waals surface area contributed by atoms with Crippen LogP contribution in [-0.4, -0.2) is 16.4 Å². The van der Waals surface area contributed by atoms with E-state index in [-0.39, 0.29) is 0 Å². The van der Waals surface area contributed by atoms with E-state index >= 15 is 0 Å². The van der Waals surface area contributed by atoms with Crippen LogP contribution < -0.4 is 16.4 Å². The predicted molar refractivity (Wildman–Crippen MR) is 83.4 cm³/mol. The van der Waals surface area contributed by atoms with Crippen molar-refractivity contribution in [2.24, 2.45) is 0 Å². The number of carbonyl (C=O) groups excluding carboxylic acids is 1. The molecule has 21 heavy (non-hydrogen) atoms. The van der Waals surface area contributed by atoms with Crippen LogP contribution in [0.2, 0.25) is 0 Å². The first-order chi connectivity index (χ1) is 10.3. The highest BCUT2D eigenvalue weighted by atomic mass is 16.1. The molecular weight excluding hydrogens is 266 g/mol. The van der Waals surface area contributed by atoms with Gasteiger partial charge in [0.25, 0.3) is 0 Å². The molecule has 1 aromatic heterocycles. The number of carbonyl (C=O) groups is 1. The van der Waals surface area contributed by atoms with Crippen LogP contribution in [0.25, 0.3) is 10.9 Å². The molecule has 0 aliphatic carbocycles. The second-order valence-corrected chi connectivity index (χ2v) is 4.46. The summed E-state index contributed by atoms with van der Waals surface area (Å²) in [5, 5.41) is 6.66. The minimum atomic E-state index is 0.642. The molecule has 0 fully saturated rings. The molecule has 0 aliphatic heterocycles. The summed E-state index contributed by atoms with van der Waals surface area (Å²) in [4.78, 5) is 18.8. The van der Waals surface area contributed by atoms with Gasteiger partial charge in [0.1, 0.15) is 12.1 Å². The Balaban J connectivity index is 1.94. The largest absolute Gasteiger partial charge is 0.399 e. The molecule has 3 aromatic rings. The summed E-state index contributed by atoms with van der Waals surface area (Å²) in [6.07, 6.45) is 2.15. The number of anilines is 4. The summed E-state index contributed by atoms with van der Waals surface area (Å²) < 4.78 is 0. The van der Waals surface area contributed by atoms with Crippen molar-refractivity contribution < 1.29 is 4.79 Å². The van der Waals surface area contributed by atoms with Crippen molar-refractivity contribution in [3.05, 3.63) is 48.8 Å². The number of nitrogen functional groups attached to an aromatic ring is 1. The standard InChI is InChI=1S/C15H13N5O/c16-10-1-6-14-13(7-10)15(18-8-17-14)20-12-4-2-11(3-5-12)19-9-21/h1-9H,16H2,(H,19,21)(H,17,18,20). The van der Waals surface area contributed by atoms with Crippen LogP contribution in [0.15, 0.2) is 48.8 Å². The van der Waals surface area contributed by atoms with Gasteiger partial charge in [-0.1, -0.05) is 0 Å². The van der Waals surface area contributed by atoms with Gasteiger partial charge in [0, 0.05) is 22.4 Å². The number of nitrogens with two attached hydrogens (primary N) is 1. The van der Waals surface area contributed by atoms with Gasteiger partial charge in [0.2, 0.25) is 6.41 Å². The van der Waals surface area contributed by atoms with Crippen LogP contribution in [0.3, 0.4) is 0 Å². The Labute approximate surface area is 121 Å². The van der Waals surface area contributed by atoms with E-state index in [1.165, 1.54) is 6.33 Å². The zero-order chi connectivity index (χ0) is 14.7. The number of amides is 1. The minimum Gasteiger partial charge on any atom is -0.399 e. The van der Waals surface area contributed by atoms with E-state index in [0.29, 0.717) is 17.9 Å². The summed E-state index contributed by atoms with van der Waals surface area (Å²) in [5.74, 6) is 0.684. The van der Waals surface area contributed by atoms with Gasteiger partial charge in [0.15, 0.2) is 0 Å². The quantitative estimate of drug-likeness (QED) is 0.504. The Morgan fingerprint density at radius 1 is 1.00 bits per heavy atom. The fraction of sp³-hybridized carbons (Fsp3) is 0. The third kappa shape index (κ3) is 2.74. The summed E-state index contributed by atoms with van der Waals surface area (Å²) in [5.41, 5.74) is 8.88. The second-order valence-electron chi connectivity index (χ2n) is 4.46. The Hall–Kier alpha value is -3.15. The second kappa shape index (κ2) is 5.46. The van der Waals surface area contributed by atoms with E-state index in [1.807, 2.05) is 24.3 Å². The topological polar surface area (TPSA) is 92.9 Å². The molecule has 1 amide bonds. The maximum absolute atomic E-state index is 10.4. The van der Waals surface area contributed by atoms with E-state index in [4.69, 9.17) is 5.73 Å². The van der Waals surface area contributed by atoms with Crippen LogP contribution in [0.5, 0.6) is 0 Å². The van der Waals surface area contributed by atoms with E-state index in [9.17, 15) is 4.79 Å². The van der Waals surface area contributed by atoms with Crippen LogP contribution >= 0.6 is 0 Å². The number of aromatic nitrogens is 2. The normalized spacial score (nSPS) is 10.3. The Morgan fingerprint density at radius 2 is 1.76 bits per heavy atom. The van der Waals surface area contributed by atoms with Gasteiger partial charge in [-0.2, -0.15) is 0 Å². The molecular formula is C15H13N5O. The van der Waals surface area contributed by atoms with Crippen molar-refractivity contribution >= 4 is 40.2 Å². The molecule has 0 spiro atoms. The van der Waals surface area contributed by atoms with E-state index in [1.54, 1.807) is 18.2 Å². The number of nitrogens with zero attached hydrogens (tertiary/aromatic N) is 2. The lowest BCUT2D eigenvalue weighted by molar-refractivity contribution is -0.105. The Morgan fingerprint density at radius 3 is 2.52 bits per heavy atom. The Bertz CT molecular complexity index is 786. The van der Waals surface area contributed by atoms with Crippen molar-refractivity contribution in [2.45, 2.75) is 0 Å². The summed E-state index contributed by atoms with van der Waals surface area (Å²) in [6.45, 7) is 0. The number of hydrogen-bond acceptors (Lipinski definition) is 5. The lowest BCUT2D eigenvalue weighted by Crippen LogP contribution is -1.98. The van der Waals surface area contributed by atoms with Crippen LogP contribution in [0, 0.1) is 0 Å². The van der Waals surface area contributed by atoms with E-state index in [2.05, 4.69) is 20.6 Å². The lowest BCUT2D eigenvalue weighted by Gasteiger charge is -2.09. The maximum Gasteiger partial charge on any atom is 0.211 e. The SMILES string of the molecule is Nc1ccc2ncnc(Nc3ccc(NC=O)cc3)c2c1. The average Bonchev–Trinajstić information content (AvgIpc) is 2.50. The maximum atomic E-state index is 10.4. The molecule has 0 saturated carbocycles. The van der Waals surface area contributed by atoms with Crippen molar-refractivity contribution in [2.75, 3.05) is 16.4 Å². The van der Waals surface area contributed by atoms with Gasteiger partial charge >= 0.3 is 0 Å². The fourth-order valence-electron chi connectivity index (χ4n) is 2.03. The summed E-state index contributed by atoms with van der Waals surface area (Å²) in [7, 11) is 0. The molecule has 6 nitrogen and oxygen atoms in total. The fourth-order valence-corrected chi connectivity index (χ4v) is 2.03. The summed E-state index contributed by atoms with van der Waals surface area (Å²) in [6, 6.07) is 12.8. The predicted octanol–water partition coefficient (Wildman–Crippen LogP) is 2.52. The molecule has 0 bridgehead atoms. The molecule has 0 unspecified atom stereocenters. The van der Waals surface area contributed by atoms with Gasteiger partial charge in [-0.25, -0.2) is 9.97 Å². The first kappa shape index (κ1) is 12.9. The molecule has 2 aromatic carbocycles. The number of nitrogens with one attached hydrogen (secondary N) is 2. The first-order valence-electron chi connectivity index (χ1n) is 6.34. The third-order valence-corrected chi connectivity index (χ3v) is 3.03. The smallest absolute Gasteiger partial charge is 0.211 e. The zero-order valence-corrected chi connectivity index (χ0v) is 11.1. The third-order valence-electron chi connectivity index (χ3n) is 3.03. The molecule has 0 atom stereocenters. The summed E-state index contributed by atoms with van der Waals surface area (Å²) >= 11 is 0. The molecule has 0 radical (unpaired) electrons. The molecule has 0 saturated heterocycles. The zero-order valence-electron chi connectivity index (χ0n) is 11.1. The van der Waals surface area contributed by atoms with Gasteiger partial charge in [-0.05, 0) is 42.5 Å². The number of hydrogen-bond donors (Lipinski definition) is 3. The van der Waals surface area contributed by atoms with Crippen LogP contribution in [-0.2, 0) is 4.79 Å². The highest BCUT2D eigenvalue weighted by Gasteiger charge is 2.04. The van der Waals surface area contributed by atoms with Gasteiger partial charge in [-0.15, -0.1) is 0 Å². The van der Waals surface area contributed by atoms with Crippen molar-refractivity contribution in [3.8, 4) is 0 Å². The van der Waals surface area contributed by atoms with Gasteiger partial charge < -0.3 is 16.4 Å². The molecule has 6 heteroatoms. The first-order valence-corrected chi connectivity index (χ1v) is 6.34. The highest BCUT2D eigenvalue weighted by molar-refractivity contribution is 5.92. The van der Waals surface area contributed by atoms with Crippen LogP contribution in [0.1, 0.15) is 0 Å². The molecule has 4 N–H and O–H groups in total. The van der Waals surface area contributed by atoms with Gasteiger partial charge in [0.05, 0.1) is 5.52 Å². The number of rotatable bonds is 4. The average molecular weight is 279 g/mol. The number of fused-ring (bicyclic) bond motifs is 1. The van der Waals surface area contributed by atoms with E-state index in [0.717, 1.165) is 22.3 Å². The van der Waals surface area contributed by atoms with Crippen molar-refractivity contribution in [1.82, 2.24) is 9.97 Å². The molecule has 3 rings (SSSR count). The molecule has 0 aliphatic rings. The monoisotopic (exact) mass is 279 g/mol. The minimum absolute atomic E-state index is 0.642. The van der Waals surface area contributed by atoms with Crippen LogP contribution in [0.4, 0.5) is 22.9 Å². The highest BCUT2D eigenvalue weighted by Crippen LogP contribution is 2.25.